The highest BCUT2D eigenvalue weighted by molar-refractivity contribution is 6.10. The van der Waals surface area contributed by atoms with Crippen LogP contribution in [0, 0.1) is 0 Å². The zero-order chi connectivity index (χ0) is 15.0. The normalized spacial score (nSPS) is 13.7. The van der Waals surface area contributed by atoms with Crippen LogP contribution < -0.4 is 9.64 Å². The number of carbonyl (C=O) groups is 1. The van der Waals surface area contributed by atoms with E-state index in [2.05, 4.69) is 4.74 Å². The van der Waals surface area contributed by atoms with Gasteiger partial charge >= 0.3 is 6.61 Å². The van der Waals surface area contributed by atoms with Crippen molar-refractivity contribution in [2.24, 2.45) is 0 Å². The number of alkyl halides is 2. The molecule has 1 aliphatic heterocycles. The van der Waals surface area contributed by atoms with E-state index in [0.29, 0.717) is 16.8 Å². The predicted molar refractivity (Wildman–Crippen MR) is 71.7 cm³/mol. The highest BCUT2D eigenvalue weighted by Gasteiger charge is 2.30. The zero-order valence-corrected chi connectivity index (χ0v) is 10.8. The SMILES string of the molecule is O=C1c2cccc(O)c2CN1c1ccc(OC(F)F)cc1. The molecule has 0 radical (unpaired) electrons. The number of carbonyl (C=O) groups excluding carboxylic acids is 1. The van der Waals surface area contributed by atoms with Crippen molar-refractivity contribution in [1.29, 1.82) is 0 Å². The number of nitrogens with zero attached hydrogens (tertiary/aromatic N) is 1. The number of anilines is 1. The van der Waals surface area contributed by atoms with Crippen LogP contribution in [0.3, 0.4) is 0 Å². The number of rotatable bonds is 3. The first-order valence-corrected chi connectivity index (χ1v) is 6.24. The summed E-state index contributed by atoms with van der Waals surface area (Å²) in [5, 5.41) is 9.77. The molecule has 0 atom stereocenters. The molecule has 108 valence electrons. The summed E-state index contributed by atoms with van der Waals surface area (Å²) in [6.45, 7) is -2.64. The Labute approximate surface area is 119 Å². The number of halogens is 2. The Morgan fingerprint density at radius 3 is 2.48 bits per heavy atom. The molecule has 3 rings (SSSR count). The van der Waals surface area contributed by atoms with Gasteiger partial charge in [0.25, 0.3) is 5.91 Å². The minimum absolute atomic E-state index is 0.0285. The van der Waals surface area contributed by atoms with E-state index in [0.717, 1.165) is 0 Å². The van der Waals surface area contributed by atoms with Crippen molar-refractivity contribution in [3.05, 3.63) is 53.6 Å². The van der Waals surface area contributed by atoms with Crippen LogP contribution in [0.2, 0.25) is 0 Å². The molecule has 1 aliphatic rings. The first-order valence-electron chi connectivity index (χ1n) is 6.24. The molecular formula is C15H11F2NO3. The molecule has 6 heteroatoms. The third kappa shape index (κ3) is 2.40. The maximum atomic E-state index is 12.3. The maximum Gasteiger partial charge on any atom is 0.387 e. The van der Waals surface area contributed by atoms with Gasteiger partial charge in [0.1, 0.15) is 11.5 Å². The van der Waals surface area contributed by atoms with Crippen LogP contribution in [0.4, 0.5) is 14.5 Å². The largest absolute Gasteiger partial charge is 0.508 e. The Bertz CT molecular complexity index is 686. The molecule has 2 aromatic rings. The number of benzene rings is 2. The topological polar surface area (TPSA) is 49.8 Å². The predicted octanol–water partition coefficient (Wildman–Crippen LogP) is 3.15. The summed E-state index contributed by atoms with van der Waals surface area (Å²) in [6.07, 6.45) is 0. The third-order valence-electron chi connectivity index (χ3n) is 3.32. The molecule has 1 amide bonds. The summed E-state index contributed by atoms with van der Waals surface area (Å²) in [5.41, 5.74) is 1.57. The van der Waals surface area contributed by atoms with Crippen molar-refractivity contribution < 1.29 is 23.4 Å². The van der Waals surface area contributed by atoms with Crippen molar-refractivity contribution in [2.45, 2.75) is 13.2 Å². The van der Waals surface area contributed by atoms with E-state index >= 15 is 0 Å². The molecule has 0 saturated heterocycles. The smallest absolute Gasteiger partial charge is 0.387 e. The first-order chi connectivity index (χ1) is 10.1. The van der Waals surface area contributed by atoms with Crippen molar-refractivity contribution in [3.63, 3.8) is 0 Å². The van der Waals surface area contributed by atoms with Crippen LogP contribution in [0.5, 0.6) is 11.5 Å². The van der Waals surface area contributed by atoms with Gasteiger partial charge in [-0.05, 0) is 36.4 Å². The van der Waals surface area contributed by atoms with Crippen LogP contribution in [0.1, 0.15) is 15.9 Å². The lowest BCUT2D eigenvalue weighted by Gasteiger charge is -2.16. The summed E-state index contributed by atoms with van der Waals surface area (Å²) < 4.78 is 28.4. The van der Waals surface area contributed by atoms with Crippen LogP contribution in [-0.4, -0.2) is 17.6 Å². The van der Waals surface area contributed by atoms with Gasteiger partial charge in [0.15, 0.2) is 0 Å². The second kappa shape index (κ2) is 5.05. The van der Waals surface area contributed by atoms with E-state index in [9.17, 15) is 18.7 Å². The zero-order valence-electron chi connectivity index (χ0n) is 10.8. The summed E-state index contributed by atoms with van der Waals surface area (Å²) in [5.74, 6) is -0.134. The van der Waals surface area contributed by atoms with E-state index in [-0.39, 0.29) is 24.0 Å². The Hall–Kier alpha value is -2.63. The van der Waals surface area contributed by atoms with E-state index < -0.39 is 6.61 Å². The lowest BCUT2D eigenvalue weighted by molar-refractivity contribution is -0.0498. The second-order valence-electron chi connectivity index (χ2n) is 4.57. The van der Waals surface area contributed by atoms with Crippen molar-refractivity contribution in [1.82, 2.24) is 0 Å². The van der Waals surface area contributed by atoms with Crippen LogP contribution in [-0.2, 0) is 6.54 Å². The molecular weight excluding hydrogens is 280 g/mol. The van der Waals surface area contributed by atoms with Crippen LogP contribution in [0.25, 0.3) is 0 Å². The van der Waals surface area contributed by atoms with Gasteiger partial charge < -0.3 is 14.7 Å². The summed E-state index contributed by atoms with van der Waals surface area (Å²) in [7, 11) is 0. The van der Waals surface area contributed by atoms with Crippen LogP contribution in [0.15, 0.2) is 42.5 Å². The number of hydrogen-bond donors (Lipinski definition) is 1. The van der Waals surface area contributed by atoms with Crippen molar-refractivity contribution in [3.8, 4) is 11.5 Å². The van der Waals surface area contributed by atoms with Gasteiger partial charge in [0, 0.05) is 16.8 Å². The number of fused-ring (bicyclic) bond motifs is 1. The average molecular weight is 291 g/mol. The molecule has 1 N–H and O–H groups in total. The lowest BCUT2D eigenvalue weighted by atomic mass is 10.1. The highest BCUT2D eigenvalue weighted by Crippen LogP contribution is 2.33. The van der Waals surface area contributed by atoms with Gasteiger partial charge in [-0.15, -0.1) is 0 Å². The summed E-state index contributed by atoms with van der Waals surface area (Å²) >= 11 is 0. The molecule has 0 spiro atoms. The molecule has 0 aliphatic carbocycles. The molecule has 1 heterocycles. The van der Waals surface area contributed by atoms with Gasteiger partial charge in [0.2, 0.25) is 0 Å². The van der Waals surface area contributed by atoms with E-state index in [1.165, 1.54) is 35.2 Å². The molecule has 0 bridgehead atoms. The number of phenolic OH excluding ortho intramolecular Hbond substituents is 1. The lowest BCUT2D eigenvalue weighted by Crippen LogP contribution is -2.22. The third-order valence-corrected chi connectivity index (χ3v) is 3.32. The van der Waals surface area contributed by atoms with E-state index in [4.69, 9.17) is 0 Å². The van der Waals surface area contributed by atoms with Gasteiger partial charge in [-0.1, -0.05) is 6.07 Å². The molecule has 4 nitrogen and oxygen atoms in total. The van der Waals surface area contributed by atoms with Gasteiger partial charge in [-0.2, -0.15) is 8.78 Å². The van der Waals surface area contributed by atoms with Crippen molar-refractivity contribution in [2.75, 3.05) is 4.90 Å². The van der Waals surface area contributed by atoms with E-state index in [1.54, 1.807) is 12.1 Å². The Balaban J connectivity index is 1.86. The number of hydrogen-bond acceptors (Lipinski definition) is 3. The maximum absolute atomic E-state index is 12.3. The fraction of sp³-hybridized carbons (Fsp3) is 0.133. The molecule has 0 unspecified atom stereocenters. The van der Waals surface area contributed by atoms with Crippen molar-refractivity contribution >= 4 is 11.6 Å². The molecule has 0 saturated carbocycles. The Kier molecular flexibility index (Phi) is 3.21. The quantitative estimate of drug-likeness (QED) is 0.945. The monoisotopic (exact) mass is 291 g/mol. The standard InChI is InChI=1S/C15H11F2NO3/c16-15(17)21-10-6-4-9(5-7-10)18-8-12-11(14(18)20)2-1-3-13(12)19/h1-7,15,19H,8H2. The number of aromatic hydroxyl groups is 1. The fourth-order valence-corrected chi connectivity index (χ4v) is 2.33. The minimum atomic E-state index is -2.88. The van der Waals surface area contributed by atoms with Gasteiger partial charge in [-0.3, -0.25) is 4.79 Å². The second-order valence-corrected chi connectivity index (χ2v) is 4.57. The molecule has 0 aromatic heterocycles. The van der Waals surface area contributed by atoms with Gasteiger partial charge in [-0.25, -0.2) is 0 Å². The summed E-state index contributed by atoms with van der Waals surface area (Å²) in [4.78, 5) is 13.7. The first kappa shape index (κ1) is 13.4. The number of amides is 1. The molecule has 2 aromatic carbocycles. The van der Waals surface area contributed by atoms with E-state index in [1.807, 2.05) is 0 Å². The van der Waals surface area contributed by atoms with Gasteiger partial charge in [0.05, 0.1) is 6.54 Å². The Morgan fingerprint density at radius 1 is 1.14 bits per heavy atom. The highest BCUT2D eigenvalue weighted by atomic mass is 19.3. The minimum Gasteiger partial charge on any atom is -0.508 e. The molecule has 0 fully saturated rings. The average Bonchev–Trinajstić information content (AvgIpc) is 2.78. The molecule has 21 heavy (non-hydrogen) atoms. The van der Waals surface area contributed by atoms with Crippen LogP contribution >= 0.6 is 0 Å². The summed E-state index contributed by atoms with van der Waals surface area (Å²) in [6, 6.07) is 10.6. The Morgan fingerprint density at radius 2 is 1.86 bits per heavy atom. The fourth-order valence-electron chi connectivity index (χ4n) is 2.33. The number of phenols is 1. The number of ether oxygens (including phenoxy) is 1.